The average Bonchev–Trinajstić information content (AvgIpc) is 3.05. The number of H-pyrrole nitrogens is 1. The smallest absolute Gasteiger partial charge is 0.494 e. The first kappa shape index (κ1) is 15.1. The van der Waals surface area contributed by atoms with E-state index < -0.39 is 7.12 Å². The third-order valence-corrected chi connectivity index (χ3v) is 4.46. The maximum absolute atomic E-state index is 6.11. The van der Waals surface area contributed by atoms with Crippen LogP contribution in [0.4, 0.5) is 0 Å². The molecule has 0 spiro atoms. The molecule has 2 heterocycles. The molecule has 1 fully saturated rings. The van der Waals surface area contributed by atoms with Crippen LogP contribution in [0.5, 0.6) is 5.75 Å². The van der Waals surface area contributed by atoms with E-state index >= 15 is 0 Å². The Labute approximate surface area is 131 Å². The Bertz CT molecular complexity index is 652. The molecule has 0 amide bonds. The normalized spacial score (nSPS) is 19.4. The molecule has 2 aromatic rings. The largest absolute Gasteiger partial charge is 0.497 e. The molecular formula is C16H21BN2O3. The van der Waals surface area contributed by atoms with Gasteiger partial charge in [-0.15, -0.1) is 0 Å². The van der Waals surface area contributed by atoms with E-state index in [0.29, 0.717) is 0 Å². The standard InChI is InChI=1S/C16H21BN2O3/c1-15(2)16(3,4)22-17(21-15)12-8-11(9-13(10-12)20-5)14-18-6-7-19-14/h6-10H,1-5H3,(H,18,19). The average molecular weight is 300 g/mol. The van der Waals surface area contributed by atoms with Gasteiger partial charge >= 0.3 is 7.12 Å². The Morgan fingerprint density at radius 1 is 1.09 bits per heavy atom. The van der Waals surface area contributed by atoms with Crippen LogP contribution >= 0.6 is 0 Å². The van der Waals surface area contributed by atoms with Crippen LogP contribution in [0, 0.1) is 0 Å². The van der Waals surface area contributed by atoms with Crippen LogP contribution < -0.4 is 10.2 Å². The van der Waals surface area contributed by atoms with Crippen molar-refractivity contribution in [3.05, 3.63) is 30.6 Å². The van der Waals surface area contributed by atoms with Crippen molar-refractivity contribution in [1.29, 1.82) is 0 Å². The number of methoxy groups -OCH3 is 1. The molecule has 22 heavy (non-hydrogen) atoms. The second-order valence-corrected chi connectivity index (χ2v) is 6.52. The van der Waals surface area contributed by atoms with Crippen LogP contribution in [-0.2, 0) is 9.31 Å². The molecule has 116 valence electrons. The van der Waals surface area contributed by atoms with E-state index in [1.54, 1.807) is 19.5 Å². The second-order valence-electron chi connectivity index (χ2n) is 6.52. The summed E-state index contributed by atoms with van der Waals surface area (Å²) in [7, 11) is 1.23. The van der Waals surface area contributed by atoms with Crippen molar-refractivity contribution in [3.63, 3.8) is 0 Å². The van der Waals surface area contributed by atoms with Gasteiger partial charge in [-0.25, -0.2) is 4.98 Å². The summed E-state index contributed by atoms with van der Waals surface area (Å²) in [6.07, 6.45) is 3.52. The first-order valence-electron chi connectivity index (χ1n) is 7.37. The fourth-order valence-electron chi connectivity index (χ4n) is 2.42. The van der Waals surface area contributed by atoms with Crippen molar-refractivity contribution in [2.45, 2.75) is 38.9 Å². The number of nitrogens with one attached hydrogen (secondary N) is 1. The summed E-state index contributed by atoms with van der Waals surface area (Å²) in [5.41, 5.74) is 1.12. The zero-order chi connectivity index (χ0) is 16.0. The van der Waals surface area contributed by atoms with Crippen molar-refractivity contribution in [2.75, 3.05) is 7.11 Å². The van der Waals surface area contributed by atoms with Gasteiger partial charge in [0.2, 0.25) is 0 Å². The Balaban J connectivity index is 2.00. The summed E-state index contributed by atoms with van der Waals surface area (Å²) in [6.45, 7) is 8.17. The van der Waals surface area contributed by atoms with Gasteiger partial charge < -0.3 is 19.0 Å². The Morgan fingerprint density at radius 2 is 1.77 bits per heavy atom. The molecule has 5 nitrogen and oxygen atoms in total. The van der Waals surface area contributed by atoms with Crippen molar-refractivity contribution in [1.82, 2.24) is 9.97 Å². The summed E-state index contributed by atoms with van der Waals surface area (Å²) in [6, 6.07) is 5.89. The Morgan fingerprint density at radius 3 is 2.32 bits per heavy atom. The monoisotopic (exact) mass is 300 g/mol. The lowest BCUT2D eigenvalue weighted by molar-refractivity contribution is 0.00578. The number of imidazole rings is 1. The van der Waals surface area contributed by atoms with Crippen molar-refractivity contribution >= 4 is 12.6 Å². The van der Waals surface area contributed by atoms with E-state index in [0.717, 1.165) is 22.6 Å². The fraction of sp³-hybridized carbons (Fsp3) is 0.438. The minimum absolute atomic E-state index is 0.369. The van der Waals surface area contributed by atoms with Gasteiger partial charge in [-0.2, -0.15) is 0 Å². The lowest BCUT2D eigenvalue weighted by atomic mass is 9.78. The van der Waals surface area contributed by atoms with Crippen LogP contribution in [0.1, 0.15) is 27.7 Å². The van der Waals surface area contributed by atoms with Crippen molar-refractivity contribution in [3.8, 4) is 17.1 Å². The summed E-state index contributed by atoms with van der Waals surface area (Å²) in [5, 5.41) is 0. The predicted molar refractivity (Wildman–Crippen MR) is 86.3 cm³/mol. The van der Waals surface area contributed by atoms with E-state index in [1.807, 2.05) is 45.9 Å². The summed E-state index contributed by atoms with van der Waals surface area (Å²) in [5.74, 6) is 1.54. The second kappa shape index (κ2) is 5.14. The van der Waals surface area contributed by atoms with Crippen LogP contribution in [0.3, 0.4) is 0 Å². The quantitative estimate of drug-likeness (QED) is 0.884. The van der Waals surface area contributed by atoms with E-state index in [-0.39, 0.29) is 11.2 Å². The van der Waals surface area contributed by atoms with E-state index in [4.69, 9.17) is 14.0 Å². The first-order valence-corrected chi connectivity index (χ1v) is 7.37. The molecule has 1 N–H and O–H groups in total. The van der Waals surface area contributed by atoms with Gasteiger partial charge in [0.15, 0.2) is 0 Å². The highest BCUT2D eigenvalue weighted by molar-refractivity contribution is 6.62. The van der Waals surface area contributed by atoms with Crippen molar-refractivity contribution in [2.24, 2.45) is 0 Å². The summed E-state index contributed by atoms with van der Waals surface area (Å²) < 4.78 is 17.6. The summed E-state index contributed by atoms with van der Waals surface area (Å²) >= 11 is 0. The molecular weight excluding hydrogens is 279 g/mol. The number of benzene rings is 1. The van der Waals surface area contributed by atoms with Crippen molar-refractivity contribution < 1.29 is 14.0 Å². The lowest BCUT2D eigenvalue weighted by Crippen LogP contribution is -2.41. The van der Waals surface area contributed by atoms with E-state index in [9.17, 15) is 0 Å². The number of aromatic nitrogens is 2. The zero-order valence-electron chi connectivity index (χ0n) is 13.6. The van der Waals surface area contributed by atoms with Crippen LogP contribution in [0.25, 0.3) is 11.4 Å². The van der Waals surface area contributed by atoms with Crippen LogP contribution in [-0.4, -0.2) is 35.4 Å². The molecule has 1 aromatic heterocycles. The molecule has 3 rings (SSSR count). The molecule has 6 heteroatoms. The Hall–Kier alpha value is -1.79. The van der Waals surface area contributed by atoms with E-state index in [1.165, 1.54) is 0 Å². The maximum atomic E-state index is 6.11. The van der Waals surface area contributed by atoms with Gasteiger partial charge in [-0.3, -0.25) is 0 Å². The molecule has 1 aromatic carbocycles. The fourth-order valence-corrected chi connectivity index (χ4v) is 2.42. The van der Waals surface area contributed by atoms with Gasteiger partial charge in [0.05, 0.1) is 18.3 Å². The summed E-state index contributed by atoms with van der Waals surface area (Å²) in [4.78, 5) is 7.40. The SMILES string of the molecule is COc1cc(B2OC(C)(C)C(C)(C)O2)cc(-c2ncc[nH]2)c1. The van der Waals surface area contributed by atoms with Gasteiger partial charge in [-0.05, 0) is 45.3 Å². The highest BCUT2D eigenvalue weighted by Gasteiger charge is 2.51. The number of rotatable bonds is 3. The van der Waals surface area contributed by atoms with Crippen LogP contribution in [0.15, 0.2) is 30.6 Å². The molecule has 0 unspecified atom stereocenters. The zero-order valence-corrected chi connectivity index (χ0v) is 13.6. The third-order valence-electron chi connectivity index (χ3n) is 4.46. The number of hydrogen-bond acceptors (Lipinski definition) is 4. The number of aromatic amines is 1. The van der Waals surface area contributed by atoms with Crippen LogP contribution in [0.2, 0.25) is 0 Å². The third kappa shape index (κ3) is 2.53. The molecule has 0 bridgehead atoms. The minimum atomic E-state index is -0.422. The van der Waals surface area contributed by atoms with E-state index in [2.05, 4.69) is 9.97 Å². The molecule has 0 atom stereocenters. The van der Waals surface area contributed by atoms with Gasteiger partial charge in [0.1, 0.15) is 11.6 Å². The van der Waals surface area contributed by atoms with Gasteiger partial charge in [-0.1, -0.05) is 6.07 Å². The molecule has 1 aliphatic heterocycles. The molecule has 0 saturated carbocycles. The predicted octanol–water partition coefficient (Wildman–Crippen LogP) is 2.38. The number of nitrogens with zero attached hydrogens (tertiary/aromatic N) is 1. The highest BCUT2D eigenvalue weighted by Crippen LogP contribution is 2.37. The minimum Gasteiger partial charge on any atom is -0.497 e. The van der Waals surface area contributed by atoms with Gasteiger partial charge in [0.25, 0.3) is 0 Å². The highest BCUT2D eigenvalue weighted by atomic mass is 16.7. The molecule has 0 radical (unpaired) electrons. The molecule has 1 aliphatic rings. The molecule has 1 saturated heterocycles. The maximum Gasteiger partial charge on any atom is 0.494 e. The number of hydrogen-bond donors (Lipinski definition) is 1. The first-order chi connectivity index (χ1) is 10.3. The number of ether oxygens (including phenoxy) is 1. The lowest BCUT2D eigenvalue weighted by Gasteiger charge is -2.32. The topological polar surface area (TPSA) is 56.4 Å². The molecule has 0 aliphatic carbocycles. The van der Waals surface area contributed by atoms with Gasteiger partial charge in [0, 0.05) is 18.0 Å². The Kier molecular flexibility index (Phi) is 3.53.